The number of carbonyl (C=O) groups is 1. The van der Waals surface area contributed by atoms with Crippen molar-refractivity contribution in [3.05, 3.63) is 0 Å². The van der Waals surface area contributed by atoms with Gasteiger partial charge in [0.05, 0.1) is 12.7 Å². The second-order valence-electron chi connectivity index (χ2n) is 4.01. The van der Waals surface area contributed by atoms with E-state index in [1.807, 2.05) is 0 Å². The van der Waals surface area contributed by atoms with Crippen LogP contribution in [0.25, 0.3) is 0 Å². The lowest BCUT2D eigenvalue weighted by molar-refractivity contribution is -0.148. The SMILES string of the molecule is O=C(CC(O)CCO)[C@H](O)[C@@H](O)[C@H](O)[C@H](O)CO. The van der Waals surface area contributed by atoms with Gasteiger partial charge in [-0.15, -0.1) is 0 Å². The number of rotatable bonds is 9. The predicted octanol–water partition coefficient (Wildman–Crippen LogP) is -3.88. The van der Waals surface area contributed by atoms with Gasteiger partial charge in [0.15, 0.2) is 5.78 Å². The minimum atomic E-state index is -1.99. The topological polar surface area (TPSA) is 159 Å². The first-order valence-electron chi connectivity index (χ1n) is 5.49. The first-order valence-corrected chi connectivity index (χ1v) is 5.49. The molecule has 0 rings (SSSR count). The van der Waals surface area contributed by atoms with Gasteiger partial charge in [-0.3, -0.25) is 4.79 Å². The largest absolute Gasteiger partial charge is 0.396 e. The van der Waals surface area contributed by atoms with Gasteiger partial charge >= 0.3 is 0 Å². The number of ketones is 1. The van der Waals surface area contributed by atoms with Crippen LogP contribution in [0.15, 0.2) is 0 Å². The molecule has 0 aliphatic heterocycles. The molecule has 108 valence electrons. The monoisotopic (exact) mass is 268 g/mol. The number of carbonyl (C=O) groups excluding carboxylic acids is 1. The van der Waals surface area contributed by atoms with Gasteiger partial charge in [0.25, 0.3) is 0 Å². The summed E-state index contributed by atoms with van der Waals surface area (Å²) in [5.74, 6) is -0.937. The third-order valence-electron chi connectivity index (χ3n) is 2.48. The highest BCUT2D eigenvalue weighted by Crippen LogP contribution is 2.09. The Morgan fingerprint density at radius 2 is 1.50 bits per heavy atom. The van der Waals surface area contributed by atoms with Crippen molar-refractivity contribution in [3.63, 3.8) is 0 Å². The molecule has 0 aliphatic carbocycles. The van der Waals surface area contributed by atoms with Crippen molar-refractivity contribution >= 4 is 5.78 Å². The van der Waals surface area contributed by atoms with Gasteiger partial charge in [0.2, 0.25) is 0 Å². The fourth-order valence-electron chi connectivity index (χ4n) is 1.32. The van der Waals surface area contributed by atoms with Crippen molar-refractivity contribution in [3.8, 4) is 0 Å². The third kappa shape index (κ3) is 5.36. The number of aliphatic hydroxyl groups excluding tert-OH is 7. The van der Waals surface area contributed by atoms with Crippen molar-refractivity contribution in [2.45, 2.75) is 43.4 Å². The summed E-state index contributed by atoms with van der Waals surface area (Å²) in [5.41, 5.74) is 0. The molecule has 0 heterocycles. The summed E-state index contributed by atoms with van der Waals surface area (Å²) >= 11 is 0. The van der Waals surface area contributed by atoms with E-state index in [9.17, 15) is 25.2 Å². The standard InChI is InChI=1S/C10H20O8/c11-2-1-5(13)3-6(14)8(16)10(18)9(17)7(15)4-12/h5,7-13,15-18H,1-4H2/t5?,7-,8+,9-,10-/m1/s1. The summed E-state index contributed by atoms with van der Waals surface area (Å²) in [6.07, 6.45) is -9.26. The van der Waals surface area contributed by atoms with E-state index >= 15 is 0 Å². The van der Waals surface area contributed by atoms with E-state index in [0.717, 1.165) is 0 Å². The average Bonchev–Trinajstić information content (AvgIpc) is 2.35. The van der Waals surface area contributed by atoms with E-state index in [1.54, 1.807) is 0 Å². The van der Waals surface area contributed by atoms with Crippen LogP contribution in [0.2, 0.25) is 0 Å². The zero-order chi connectivity index (χ0) is 14.3. The van der Waals surface area contributed by atoms with Crippen molar-refractivity contribution in [2.75, 3.05) is 13.2 Å². The Labute approximate surface area is 104 Å². The Hall–Kier alpha value is -0.610. The third-order valence-corrected chi connectivity index (χ3v) is 2.48. The summed E-state index contributed by atoms with van der Waals surface area (Å²) in [6, 6.07) is 0. The average molecular weight is 268 g/mol. The first kappa shape index (κ1) is 17.4. The summed E-state index contributed by atoms with van der Waals surface area (Å²) in [6.45, 7) is -1.18. The zero-order valence-electron chi connectivity index (χ0n) is 9.75. The van der Waals surface area contributed by atoms with Crippen molar-refractivity contribution in [1.82, 2.24) is 0 Å². The molecule has 0 aliphatic rings. The molecular formula is C10H20O8. The van der Waals surface area contributed by atoms with Crippen molar-refractivity contribution in [1.29, 1.82) is 0 Å². The second kappa shape index (κ2) is 8.48. The van der Waals surface area contributed by atoms with E-state index in [1.165, 1.54) is 0 Å². The fourth-order valence-corrected chi connectivity index (χ4v) is 1.32. The molecule has 0 spiro atoms. The summed E-state index contributed by atoms with van der Waals surface area (Å²) in [5, 5.41) is 63.3. The van der Waals surface area contributed by atoms with Gasteiger partial charge in [0.1, 0.15) is 24.4 Å². The van der Waals surface area contributed by atoms with Crippen LogP contribution >= 0.6 is 0 Å². The molecule has 8 heteroatoms. The quantitative estimate of drug-likeness (QED) is 0.224. The Kier molecular flexibility index (Phi) is 8.20. The predicted molar refractivity (Wildman–Crippen MR) is 58.4 cm³/mol. The molecule has 0 saturated carbocycles. The molecule has 8 nitrogen and oxygen atoms in total. The van der Waals surface area contributed by atoms with Crippen molar-refractivity contribution < 1.29 is 40.5 Å². The molecule has 7 N–H and O–H groups in total. The molecule has 0 radical (unpaired) electrons. The number of hydrogen-bond acceptors (Lipinski definition) is 8. The first-order chi connectivity index (χ1) is 8.34. The highest BCUT2D eigenvalue weighted by atomic mass is 16.4. The van der Waals surface area contributed by atoms with Crippen molar-refractivity contribution in [2.24, 2.45) is 0 Å². The normalized spacial score (nSPS) is 19.9. The Morgan fingerprint density at radius 1 is 0.944 bits per heavy atom. The highest BCUT2D eigenvalue weighted by molar-refractivity contribution is 5.83. The smallest absolute Gasteiger partial charge is 0.166 e. The van der Waals surface area contributed by atoms with Crippen LogP contribution in [0.3, 0.4) is 0 Å². The molecule has 0 amide bonds. The van der Waals surface area contributed by atoms with Crippen LogP contribution in [0.5, 0.6) is 0 Å². The molecule has 0 saturated heterocycles. The van der Waals surface area contributed by atoms with E-state index in [0.29, 0.717) is 0 Å². The maximum absolute atomic E-state index is 11.4. The lowest BCUT2D eigenvalue weighted by Crippen LogP contribution is -2.49. The van der Waals surface area contributed by atoms with E-state index < -0.39 is 49.3 Å². The van der Waals surface area contributed by atoms with Gasteiger partial charge in [-0.1, -0.05) is 0 Å². The van der Waals surface area contributed by atoms with Crippen LogP contribution in [-0.4, -0.2) is 85.3 Å². The van der Waals surface area contributed by atoms with Gasteiger partial charge < -0.3 is 35.7 Å². The van der Waals surface area contributed by atoms with Crippen LogP contribution in [0, 0.1) is 0 Å². The highest BCUT2D eigenvalue weighted by Gasteiger charge is 2.34. The molecule has 0 fully saturated rings. The summed E-state index contributed by atoms with van der Waals surface area (Å²) in [7, 11) is 0. The van der Waals surface area contributed by atoms with Gasteiger partial charge in [-0.25, -0.2) is 0 Å². The molecule has 0 aromatic carbocycles. The molecular weight excluding hydrogens is 248 g/mol. The Morgan fingerprint density at radius 3 is 1.94 bits per heavy atom. The van der Waals surface area contributed by atoms with Gasteiger partial charge in [-0.05, 0) is 6.42 Å². The molecule has 5 atom stereocenters. The number of aliphatic hydroxyl groups is 7. The molecule has 0 bridgehead atoms. The minimum absolute atomic E-state index is 0.0592. The Bertz CT molecular complexity index is 246. The molecule has 0 aromatic heterocycles. The lowest BCUT2D eigenvalue weighted by Gasteiger charge is -2.25. The summed E-state index contributed by atoms with van der Waals surface area (Å²) < 4.78 is 0. The fraction of sp³-hybridized carbons (Fsp3) is 0.900. The maximum atomic E-state index is 11.4. The summed E-state index contributed by atoms with van der Waals surface area (Å²) in [4.78, 5) is 11.4. The van der Waals surface area contributed by atoms with Crippen LogP contribution in [-0.2, 0) is 4.79 Å². The van der Waals surface area contributed by atoms with E-state index in [4.69, 9.17) is 15.3 Å². The Balaban J connectivity index is 4.35. The second-order valence-corrected chi connectivity index (χ2v) is 4.01. The maximum Gasteiger partial charge on any atom is 0.166 e. The van der Waals surface area contributed by atoms with Gasteiger partial charge in [-0.2, -0.15) is 0 Å². The zero-order valence-corrected chi connectivity index (χ0v) is 9.75. The molecule has 0 aromatic rings. The van der Waals surface area contributed by atoms with Crippen LogP contribution < -0.4 is 0 Å². The van der Waals surface area contributed by atoms with E-state index in [2.05, 4.69) is 0 Å². The number of Topliss-reactive ketones (excluding diaryl/α,β-unsaturated/α-hetero) is 1. The van der Waals surface area contributed by atoms with Crippen LogP contribution in [0.4, 0.5) is 0 Å². The number of hydrogen-bond donors (Lipinski definition) is 7. The lowest BCUT2D eigenvalue weighted by atomic mass is 9.97. The molecule has 18 heavy (non-hydrogen) atoms. The van der Waals surface area contributed by atoms with E-state index in [-0.39, 0.29) is 13.0 Å². The molecule has 1 unspecified atom stereocenters. The minimum Gasteiger partial charge on any atom is -0.396 e. The van der Waals surface area contributed by atoms with Gasteiger partial charge in [0, 0.05) is 13.0 Å². The van der Waals surface area contributed by atoms with Crippen LogP contribution in [0.1, 0.15) is 12.8 Å².